The third-order valence-corrected chi connectivity index (χ3v) is 2.65. The van der Waals surface area contributed by atoms with Gasteiger partial charge in [0.05, 0.1) is 28.6 Å². The molecule has 1 aromatic heterocycles. The molecule has 0 aliphatic heterocycles. The Morgan fingerprint density at radius 2 is 2.29 bits per heavy atom. The van der Waals surface area contributed by atoms with Crippen LogP contribution in [-0.2, 0) is 5.75 Å². The molecule has 2 aromatic rings. The van der Waals surface area contributed by atoms with Crippen LogP contribution >= 0.6 is 11.8 Å². The van der Waals surface area contributed by atoms with Crippen molar-refractivity contribution in [2.75, 3.05) is 5.75 Å². The number of aromatic nitrogens is 2. The number of hydrogen-bond donors (Lipinski definition) is 1. The van der Waals surface area contributed by atoms with Crippen molar-refractivity contribution in [3.8, 4) is 6.07 Å². The van der Waals surface area contributed by atoms with Crippen LogP contribution in [0.3, 0.4) is 0 Å². The zero-order valence-corrected chi connectivity index (χ0v) is 8.34. The van der Waals surface area contributed by atoms with Crippen LogP contribution in [0, 0.1) is 11.3 Å². The molecule has 0 fully saturated rings. The predicted octanol–water partition coefficient (Wildman–Crippen LogP) is 2.32. The standard InChI is InChI=1S/C10H9N3S/c11-5-6-14-7-10-12-8-3-1-2-4-9(8)13-10/h1-4H,6-7H2,(H,12,13). The van der Waals surface area contributed by atoms with E-state index in [1.165, 1.54) is 0 Å². The molecule has 1 heterocycles. The molecule has 0 saturated heterocycles. The summed E-state index contributed by atoms with van der Waals surface area (Å²) in [5, 5.41) is 8.38. The van der Waals surface area contributed by atoms with E-state index in [9.17, 15) is 0 Å². The number of nitrogens with one attached hydrogen (secondary N) is 1. The molecule has 0 bridgehead atoms. The predicted molar refractivity (Wildman–Crippen MR) is 57.9 cm³/mol. The van der Waals surface area contributed by atoms with Gasteiger partial charge in [0.1, 0.15) is 5.82 Å². The van der Waals surface area contributed by atoms with Crippen LogP contribution in [0.1, 0.15) is 5.82 Å². The summed E-state index contributed by atoms with van der Waals surface area (Å²) in [6.45, 7) is 0. The van der Waals surface area contributed by atoms with Gasteiger partial charge in [-0.05, 0) is 12.1 Å². The maximum absolute atomic E-state index is 8.38. The molecule has 70 valence electrons. The molecule has 0 amide bonds. The summed E-state index contributed by atoms with van der Waals surface area (Å²) >= 11 is 1.57. The Hall–Kier alpha value is -1.47. The molecular formula is C10H9N3S. The first-order valence-electron chi connectivity index (χ1n) is 4.28. The van der Waals surface area contributed by atoms with Crippen molar-refractivity contribution in [2.45, 2.75) is 5.75 Å². The van der Waals surface area contributed by atoms with Gasteiger partial charge in [0.25, 0.3) is 0 Å². The third-order valence-electron chi connectivity index (χ3n) is 1.84. The SMILES string of the molecule is N#CCSCc1nc2ccccc2[nH]1. The minimum atomic E-state index is 0.511. The highest BCUT2D eigenvalue weighted by atomic mass is 32.2. The summed E-state index contributed by atoms with van der Waals surface area (Å²) in [5.74, 6) is 2.21. The fraction of sp³-hybridized carbons (Fsp3) is 0.200. The maximum Gasteiger partial charge on any atom is 0.117 e. The normalized spacial score (nSPS) is 10.2. The Kier molecular flexibility index (Phi) is 2.70. The Morgan fingerprint density at radius 1 is 1.43 bits per heavy atom. The van der Waals surface area contributed by atoms with Crippen molar-refractivity contribution in [3.05, 3.63) is 30.1 Å². The largest absolute Gasteiger partial charge is 0.341 e. The number of benzene rings is 1. The lowest BCUT2D eigenvalue weighted by Crippen LogP contribution is -1.83. The third kappa shape index (κ3) is 1.88. The highest BCUT2D eigenvalue weighted by Crippen LogP contribution is 2.14. The number of H-pyrrole nitrogens is 1. The lowest BCUT2D eigenvalue weighted by atomic mass is 10.3. The summed E-state index contributed by atoms with van der Waals surface area (Å²) in [4.78, 5) is 7.61. The molecule has 0 atom stereocenters. The van der Waals surface area contributed by atoms with Crippen LogP contribution in [0.2, 0.25) is 0 Å². The van der Waals surface area contributed by atoms with Crippen molar-refractivity contribution in [1.29, 1.82) is 5.26 Å². The van der Waals surface area contributed by atoms with Crippen LogP contribution < -0.4 is 0 Å². The topological polar surface area (TPSA) is 52.5 Å². The smallest absolute Gasteiger partial charge is 0.117 e. The van der Waals surface area contributed by atoms with Crippen LogP contribution in [0.4, 0.5) is 0 Å². The molecule has 0 saturated carbocycles. The summed E-state index contributed by atoms with van der Waals surface area (Å²) in [6, 6.07) is 10.0. The van der Waals surface area contributed by atoms with Gasteiger partial charge in [-0.2, -0.15) is 5.26 Å². The number of nitrogens with zero attached hydrogens (tertiary/aromatic N) is 2. The minimum Gasteiger partial charge on any atom is -0.341 e. The minimum absolute atomic E-state index is 0.511. The molecule has 14 heavy (non-hydrogen) atoms. The molecule has 0 radical (unpaired) electrons. The molecule has 0 aliphatic carbocycles. The van der Waals surface area contributed by atoms with Crippen molar-refractivity contribution < 1.29 is 0 Å². The number of rotatable bonds is 3. The monoisotopic (exact) mass is 203 g/mol. The van der Waals surface area contributed by atoms with E-state index in [-0.39, 0.29) is 0 Å². The van der Waals surface area contributed by atoms with Gasteiger partial charge in [0.2, 0.25) is 0 Å². The molecule has 3 nitrogen and oxygen atoms in total. The molecule has 1 N–H and O–H groups in total. The summed E-state index contributed by atoms with van der Waals surface area (Å²) in [6.07, 6.45) is 0. The number of para-hydroxylation sites is 2. The lowest BCUT2D eigenvalue weighted by molar-refractivity contribution is 1.14. The second-order valence-corrected chi connectivity index (χ2v) is 3.84. The second-order valence-electron chi connectivity index (χ2n) is 2.85. The average molecular weight is 203 g/mol. The highest BCUT2D eigenvalue weighted by molar-refractivity contribution is 7.98. The zero-order chi connectivity index (χ0) is 9.80. The Labute approximate surface area is 86.2 Å². The van der Waals surface area contributed by atoms with E-state index in [4.69, 9.17) is 5.26 Å². The van der Waals surface area contributed by atoms with Gasteiger partial charge in [-0.15, -0.1) is 11.8 Å². The van der Waals surface area contributed by atoms with E-state index in [1.54, 1.807) is 11.8 Å². The molecule has 1 aromatic carbocycles. The number of hydrogen-bond acceptors (Lipinski definition) is 3. The van der Waals surface area contributed by atoms with E-state index in [0.29, 0.717) is 5.75 Å². The van der Waals surface area contributed by atoms with Crippen molar-refractivity contribution in [3.63, 3.8) is 0 Å². The van der Waals surface area contributed by atoms with Crippen LogP contribution in [0.5, 0.6) is 0 Å². The molecule has 2 rings (SSSR count). The lowest BCUT2D eigenvalue weighted by Gasteiger charge is -1.90. The maximum atomic E-state index is 8.38. The quantitative estimate of drug-likeness (QED) is 0.779. The zero-order valence-electron chi connectivity index (χ0n) is 7.53. The number of thioether (sulfide) groups is 1. The van der Waals surface area contributed by atoms with Gasteiger partial charge in [-0.1, -0.05) is 12.1 Å². The Morgan fingerprint density at radius 3 is 3.07 bits per heavy atom. The van der Waals surface area contributed by atoms with Crippen LogP contribution in [-0.4, -0.2) is 15.7 Å². The van der Waals surface area contributed by atoms with E-state index in [2.05, 4.69) is 16.0 Å². The first kappa shape index (κ1) is 9.10. The Bertz CT molecular complexity index is 436. The van der Waals surface area contributed by atoms with Gasteiger partial charge >= 0.3 is 0 Å². The molecule has 4 heteroatoms. The first-order chi connectivity index (χ1) is 6.90. The number of aromatic amines is 1. The molecule has 0 spiro atoms. The molecule has 0 unspecified atom stereocenters. The van der Waals surface area contributed by atoms with Gasteiger partial charge in [-0.3, -0.25) is 0 Å². The molecular weight excluding hydrogens is 194 g/mol. The first-order valence-corrected chi connectivity index (χ1v) is 5.44. The fourth-order valence-electron chi connectivity index (χ4n) is 1.27. The van der Waals surface area contributed by atoms with E-state index < -0.39 is 0 Å². The van der Waals surface area contributed by atoms with Crippen molar-refractivity contribution in [2.24, 2.45) is 0 Å². The molecule has 0 aliphatic rings. The summed E-state index contributed by atoms with van der Waals surface area (Å²) < 4.78 is 0. The van der Waals surface area contributed by atoms with Gasteiger partial charge < -0.3 is 4.98 Å². The second kappa shape index (κ2) is 4.16. The number of fused-ring (bicyclic) bond motifs is 1. The van der Waals surface area contributed by atoms with E-state index >= 15 is 0 Å². The number of nitriles is 1. The van der Waals surface area contributed by atoms with Crippen LogP contribution in [0.25, 0.3) is 11.0 Å². The van der Waals surface area contributed by atoms with Gasteiger partial charge in [0, 0.05) is 0 Å². The Balaban J connectivity index is 2.15. The van der Waals surface area contributed by atoms with Crippen molar-refractivity contribution >= 4 is 22.8 Å². The summed E-state index contributed by atoms with van der Waals surface area (Å²) in [7, 11) is 0. The van der Waals surface area contributed by atoms with E-state index in [1.807, 2.05) is 24.3 Å². The highest BCUT2D eigenvalue weighted by Gasteiger charge is 2.00. The van der Waals surface area contributed by atoms with E-state index in [0.717, 1.165) is 22.6 Å². The average Bonchev–Trinajstić information content (AvgIpc) is 2.60. The summed E-state index contributed by atoms with van der Waals surface area (Å²) in [5.41, 5.74) is 2.04. The number of imidazole rings is 1. The van der Waals surface area contributed by atoms with Gasteiger partial charge in [0.15, 0.2) is 0 Å². The van der Waals surface area contributed by atoms with Crippen molar-refractivity contribution in [1.82, 2.24) is 9.97 Å². The van der Waals surface area contributed by atoms with Crippen LogP contribution in [0.15, 0.2) is 24.3 Å². The van der Waals surface area contributed by atoms with Gasteiger partial charge in [-0.25, -0.2) is 4.98 Å². The fourth-order valence-corrected chi connectivity index (χ4v) is 1.79.